The van der Waals surface area contributed by atoms with E-state index in [4.69, 9.17) is 23.2 Å². The van der Waals surface area contributed by atoms with E-state index < -0.39 is 6.36 Å². The fraction of sp³-hybridized carbons (Fsp3) is 0.0714. The Hall–Kier alpha value is -1.70. The highest BCUT2D eigenvalue weighted by atomic mass is 35.5. The Labute approximate surface area is 143 Å². The van der Waals surface area contributed by atoms with Crippen LogP contribution in [-0.2, 0) is 0 Å². The van der Waals surface area contributed by atoms with Gasteiger partial charge in [0.05, 0.1) is 9.90 Å². The molecule has 23 heavy (non-hydrogen) atoms. The van der Waals surface area contributed by atoms with Crippen LogP contribution in [0.4, 0.5) is 18.9 Å². The number of carbonyl (C=O) groups is 1. The van der Waals surface area contributed by atoms with Gasteiger partial charge in [-0.25, -0.2) is 0 Å². The van der Waals surface area contributed by atoms with Crippen molar-refractivity contribution in [1.82, 2.24) is 0 Å². The Morgan fingerprint density at radius 1 is 1.22 bits per heavy atom. The predicted octanol–water partition coefficient (Wildman–Crippen LogP) is 5.76. The van der Waals surface area contributed by atoms with Crippen LogP contribution in [-0.4, -0.2) is 12.1 Å². The molecule has 0 spiro atoms. The molecule has 122 valence electrons. The van der Waals surface area contributed by atoms with E-state index in [0.29, 0.717) is 14.4 Å². The maximum atomic E-state index is 12.0. The zero-order valence-corrected chi connectivity index (χ0v) is 13.5. The summed E-state index contributed by atoms with van der Waals surface area (Å²) in [5.74, 6) is -0.675. The SMILES string of the molecule is O=C(/C=C/Nc1ccc(OC(F)(F)F)cc1)c1cc(Cl)sc1Cl. The molecule has 0 atom stereocenters. The molecule has 0 saturated heterocycles. The standard InChI is InChI=1S/C14H8Cl2F3NO2S/c15-12-7-10(13(16)23-12)11(21)5-6-20-8-1-3-9(4-2-8)22-14(17,18)19/h1-7,20H/b6-5+. The molecule has 0 radical (unpaired) electrons. The molecular formula is C14H8Cl2F3NO2S. The normalized spacial score (nSPS) is 11.7. The highest BCUT2D eigenvalue weighted by Gasteiger charge is 2.30. The second kappa shape index (κ2) is 7.25. The van der Waals surface area contributed by atoms with Gasteiger partial charge in [0.25, 0.3) is 0 Å². The Kier molecular flexibility index (Phi) is 5.56. The fourth-order valence-electron chi connectivity index (χ4n) is 1.56. The fourth-order valence-corrected chi connectivity index (χ4v) is 3.04. The van der Waals surface area contributed by atoms with Crippen molar-refractivity contribution in [3.05, 3.63) is 56.8 Å². The number of ketones is 1. The smallest absolute Gasteiger partial charge is 0.406 e. The number of alkyl halides is 3. The van der Waals surface area contributed by atoms with Crippen LogP contribution in [0.5, 0.6) is 5.75 Å². The monoisotopic (exact) mass is 381 g/mol. The van der Waals surface area contributed by atoms with E-state index in [9.17, 15) is 18.0 Å². The molecule has 0 aliphatic rings. The van der Waals surface area contributed by atoms with Crippen molar-refractivity contribution in [2.45, 2.75) is 6.36 Å². The van der Waals surface area contributed by atoms with Crippen LogP contribution in [0.2, 0.25) is 8.67 Å². The summed E-state index contributed by atoms with van der Waals surface area (Å²) in [6.07, 6.45) is -2.14. The third-order valence-corrected chi connectivity index (χ3v) is 3.98. The van der Waals surface area contributed by atoms with Crippen molar-refractivity contribution in [3.63, 3.8) is 0 Å². The van der Waals surface area contributed by atoms with Crippen molar-refractivity contribution >= 4 is 46.0 Å². The average molecular weight is 382 g/mol. The van der Waals surface area contributed by atoms with Crippen molar-refractivity contribution < 1.29 is 22.7 Å². The van der Waals surface area contributed by atoms with Gasteiger partial charge in [-0.15, -0.1) is 24.5 Å². The van der Waals surface area contributed by atoms with Crippen LogP contribution in [0.15, 0.2) is 42.6 Å². The first-order valence-electron chi connectivity index (χ1n) is 6.02. The third kappa shape index (κ3) is 5.46. The van der Waals surface area contributed by atoms with E-state index in [0.717, 1.165) is 23.5 Å². The summed E-state index contributed by atoms with van der Waals surface area (Å²) in [7, 11) is 0. The Morgan fingerprint density at radius 3 is 2.39 bits per heavy atom. The summed E-state index contributed by atoms with van der Waals surface area (Å²) in [4.78, 5) is 11.9. The van der Waals surface area contributed by atoms with Gasteiger partial charge in [-0.2, -0.15) is 0 Å². The number of nitrogens with one attached hydrogen (secondary N) is 1. The molecule has 0 bridgehead atoms. The van der Waals surface area contributed by atoms with Gasteiger partial charge in [0.15, 0.2) is 5.78 Å². The number of benzene rings is 1. The predicted molar refractivity (Wildman–Crippen MR) is 84.6 cm³/mol. The molecule has 0 fully saturated rings. The minimum atomic E-state index is -4.73. The highest BCUT2D eigenvalue weighted by molar-refractivity contribution is 7.20. The van der Waals surface area contributed by atoms with E-state index in [1.54, 1.807) is 0 Å². The van der Waals surface area contributed by atoms with Crippen molar-refractivity contribution in [2.24, 2.45) is 0 Å². The molecule has 3 nitrogen and oxygen atoms in total. The molecule has 0 unspecified atom stereocenters. The first-order valence-corrected chi connectivity index (χ1v) is 7.60. The van der Waals surface area contributed by atoms with Crippen LogP contribution in [0.1, 0.15) is 10.4 Å². The topological polar surface area (TPSA) is 38.3 Å². The lowest BCUT2D eigenvalue weighted by molar-refractivity contribution is -0.274. The quantitative estimate of drug-likeness (QED) is 0.528. The van der Waals surface area contributed by atoms with Gasteiger partial charge < -0.3 is 10.1 Å². The molecule has 1 N–H and O–H groups in total. The van der Waals surface area contributed by atoms with Gasteiger partial charge in [0.1, 0.15) is 10.1 Å². The molecule has 0 aliphatic heterocycles. The lowest BCUT2D eigenvalue weighted by Crippen LogP contribution is -2.16. The van der Waals surface area contributed by atoms with Crippen molar-refractivity contribution in [1.29, 1.82) is 0 Å². The molecular weight excluding hydrogens is 374 g/mol. The van der Waals surface area contributed by atoms with Gasteiger partial charge in [0, 0.05) is 18.0 Å². The first kappa shape index (κ1) is 17.7. The average Bonchev–Trinajstić information content (AvgIpc) is 2.78. The molecule has 9 heteroatoms. The number of anilines is 1. The van der Waals surface area contributed by atoms with Gasteiger partial charge in [-0.1, -0.05) is 23.2 Å². The molecule has 1 heterocycles. The Morgan fingerprint density at radius 2 is 1.87 bits per heavy atom. The van der Waals surface area contributed by atoms with Gasteiger partial charge >= 0.3 is 6.36 Å². The van der Waals surface area contributed by atoms with Crippen LogP contribution >= 0.6 is 34.5 Å². The van der Waals surface area contributed by atoms with Crippen molar-refractivity contribution in [3.8, 4) is 5.75 Å². The van der Waals surface area contributed by atoms with Gasteiger partial charge in [-0.3, -0.25) is 4.79 Å². The molecule has 2 rings (SSSR count). The second-order valence-electron chi connectivity index (χ2n) is 4.15. The molecule has 0 aliphatic carbocycles. The lowest BCUT2D eigenvalue weighted by Gasteiger charge is -2.09. The molecule has 1 aromatic carbocycles. The number of thiophene rings is 1. The summed E-state index contributed by atoms with van der Waals surface area (Å²) < 4.78 is 40.5. The largest absolute Gasteiger partial charge is 0.573 e. The number of allylic oxidation sites excluding steroid dienone is 1. The summed E-state index contributed by atoms with van der Waals surface area (Å²) >= 11 is 12.7. The minimum absolute atomic E-state index is 0.286. The van der Waals surface area contributed by atoms with E-state index in [1.807, 2.05) is 0 Å². The third-order valence-electron chi connectivity index (χ3n) is 2.49. The van der Waals surface area contributed by atoms with Crippen molar-refractivity contribution in [2.75, 3.05) is 5.32 Å². The zero-order chi connectivity index (χ0) is 17.0. The number of hydrogen-bond acceptors (Lipinski definition) is 4. The summed E-state index contributed by atoms with van der Waals surface area (Å²) in [6, 6.07) is 6.53. The number of rotatable bonds is 5. The molecule has 0 amide bonds. The summed E-state index contributed by atoms with van der Waals surface area (Å²) in [5, 5.41) is 2.75. The van der Waals surface area contributed by atoms with Crippen LogP contribution in [0.3, 0.4) is 0 Å². The maximum absolute atomic E-state index is 12.0. The number of carbonyl (C=O) groups excluding carboxylic acids is 1. The number of ether oxygens (including phenoxy) is 1. The first-order chi connectivity index (χ1) is 10.7. The van der Waals surface area contributed by atoms with E-state index in [2.05, 4.69) is 10.1 Å². The summed E-state index contributed by atoms with van der Waals surface area (Å²) in [6.45, 7) is 0. The van der Waals surface area contributed by atoms with Gasteiger partial charge in [-0.05, 0) is 30.3 Å². The molecule has 1 aromatic heterocycles. The summed E-state index contributed by atoms with van der Waals surface area (Å²) in [5.41, 5.74) is 0.770. The molecule has 2 aromatic rings. The van der Waals surface area contributed by atoms with Crippen LogP contribution < -0.4 is 10.1 Å². The Balaban J connectivity index is 1.95. The lowest BCUT2D eigenvalue weighted by atomic mass is 10.2. The number of hydrogen-bond donors (Lipinski definition) is 1. The van der Waals surface area contributed by atoms with Gasteiger partial charge in [0.2, 0.25) is 0 Å². The second-order valence-corrected chi connectivity index (χ2v) is 6.44. The molecule has 0 saturated carbocycles. The van der Waals surface area contributed by atoms with E-state index in [1.165, 1.54) is 30.5 Å². The van der Waals surface area contributed by atoms with E-state index in [-0.39, 0.29) is 17.1 Å². The van der Waals surface area contributed by atoms with Crippen LogP contribution in [0, 0.1) is 0 Å². The highest BCUT2D eigenvalue weighted by Crippen LogP contribution is 2.31. The maximum Gasteiger partial charge on any atom is 0.573 e. The van der Waals surface area contributed by atoms with Crippen LogP contribution in [0.25, 0.3) is 0 Å². The Bertz CT molecular complexity index is 727. The minimum Gasteiger partial charge on any atom is -0.406 e. The number of halogens is 5. The van der Waals surface area contributed by atoms with E-state index >= 15 is 0 Å². The zero-order valence-electron chi connectivity index (χ0n) is 11.2.